The molecule has 1 aliphatic carbocycles. The zero-order valence-corrected chi connectivity index (χ0v) is 12.8. The molecule has 3 N–H and O–H groups in total. The number of nitrogens with one attached hydrogen (secondary N) is 1. The van der Waals surface area contributed by atoms with Crippen LogP contribution in [0.4, 0.5) is 4.39 Å². The van der Waals surface area contributed by atoms with Gasteiger partial charge in [-0.25, -0.2) is 17.8 Å². The van der Waals surface area contributed by atoms with Crippen LogP contribution in [0.2, 0.25) is 0 Å². The Balaban J connectivity index is 2.00. The molecule has 21 heavy (non-hydrogen) atoms. The first-order valence-corrected chi connectivity index (χ1v) is 8.77. The van der Waals surface area contributed by atoms with Gasteiger partial charge in [-0.05, 0) is 37.0 Å². The fraction of sp³-hybridized carbons (Fsp3) is 0.500. The molecule has 1 aromatic carbocycles. The van der Waals surface area contributed by atoms with Gasteiger partial charge < -0.3 is 11.1 Å². The average molecular weight is 313 g/mol. The summed E-state index contributed by atoms with van der Waals surface area (Å²) < 4.78 is 36.6. The summed E-state index contributed by atoms with van der Waals surface area (Å²) >= 11 is 0. The van der Waals surface area contributed by atoms with E-state index in [0.717, 1.165) is 18.9 Å². The Bertz CT molecular complexity index is 640. The molecule has 0 radical (unpaired) electrons. The highest BCUT2D eigenvalue weighted by atomic mass is 32.2. The van der Waals surface area contributed by atoms with Crippen LogP contribution in [-0.2, 0) is 16.4 Å². The van der Waals surface area contributed by atoms with E-state index in [2.05, 4.69) is 10.3 Å². The quantitative estimate of drug-likeness (QED) is 0.489. The van der Waals surface area contributed by atoms with Gasteiger partial charge in [0.15, 0.2) is 15.8 Å². The van der Waals surface area contributed by atoms with E-state index < -0.39 is 15.7 Å². The van der Waals surface area contributed by atoms with Gasteiger partial charge in [0.1, 0.15) is 5.82 Å². The van der Waals surface area contributed by atoms with E-state index in [1.807, 2.05) is 0 Å². The van der Waals surface area contributed by atoms with Crippen molar-refractivity contribution in [2.75, 3.05) is 12.8 Å². The molecule has 1 saturated carbocycles. The van der Waals surface area contributed by atoms with Crippen molar-refractivity contribution in [1.29, 1.82) is 0 Å². The number of nitrogens with zero attached hydrogens (tertiary/aromatic N) is 1. The molecule has 1 aliphatic rings. The van der Waals surface area contributed by atoms with Crippen molar-refractivity contribution in [3.8, 4) is 0 Å². The second-order valence-electron chi connectivity index (χ2n) is 5.40. The zero-order valence-electron chi connectivity index (χ0n) is 12.0. The molecule has 1 aromatic rings. The van der Waals surface area contributed by atoms with Crippen LogP contribution >= 0.6 is 0 Å². The van der Waals surface area contributed by atoms with Crippen molar-refractivity contribution in [3.63, 3.8) is 0 Å². The summed E-state index contributed by atoms with van der Waals surface area (Å²) in [5.41, 5.74) is 5.93. The lowest BCUT2D eigenvalue weighted by molar-refractivity contribution is 0.315. The molecular formula is C14H20FN3O2S. The third-order valence-corrected chi connectivity index (χ3v) is 4.77. The first kappa shape index (κ1) is 15.8. The van der Waals surface area contributed by atoms with Crippen LogP contribution in [-0.4, -0.2) is 27.2 Å². The molecular weight excluding hydrogens is 293 g/mol. The van der Waals surface area contributed by atoms with Crippen LogP contribution in [0.3, 0.4) is 0 Å². The Kier molecular flexibility index (Phi) is 4.82. The minimum absolute atomic E-state index is 0.0126. The van der Waals surface area contributed by atoms with Gasteiger partial charge in [0.2, 0.25) is 0 Å². The van der Waals surface area contributed by atoms with E-state index >= 15 is 0 Å². The number of aliphatic imine (C=N–C) groups is 1. The van der Waals surface area contributed by atoms with Crippen molar-refractivity contribution < 1.29 is 12.8 Å². The Hall–Kier alpha value is -1.63. The number of halogens is 1. The fourth-order valence-corrected chi connectivity index (χ4v) is 2.75. The molecule has 5 nitrogen and oxygen atoms in total. The predicted molar refractivity (Wildman–Crippen MR) is 80.2 cm³/mol. The van der Waals surface area contributed by atoms with Gasteiger partial charge in [-0.2, -0.15) is 0 Å². The summed E-state index contributed by atoms with van der Waals surface area (Å²) in [5.74, 6) is 0.410. The van der Waals surface area contributed by atoms with Crippen molar-refractivity contribution in [3.05, 3.63) is 29.6 Å². The third kappa shape index (κ3) is 4.42. The average Bonchev–Trinajstić information content (AvgIpc) is 2.34. The standard InChI is InChI=1S/C14H20FN3O2S/c1-21(19,20)12-5-6-13(15)11(7-12)9-18-14(16)17-8-10-3-2-4-10/h5-7,10H,2-4,8-9H2,1H3,(H3,16,17,18). The molecule has 1 fully saturated rings. The molecule has 0 atom stereocenters. The van der Waals surface area contributed by atoms with Crippen LogP contribution in [0.1, 0.15) is 24.8 Å². The van der Waals surface area contributed by atoms with Crippen LogP contribution < -0.4 is 11.1 Å². The van der Waals surface area contributed by atoms with Crippen molar-refractivity contribution in [1.82, 2.24) is 5.32 Å². The number of benzene rings is 1. The van der Waals surface area contributed by atoms with Crippen LogP contribution in [0, 0.1) is 11.7 Å². The summed E-state index contributed by atoms with van der Waals surface area (Å²) in [7, 11) is -3.36. The largest absolute Gasteiger partial charge is 0.370 e. The molecule has 0 saturated heterocycles. The molecule has 7 heteroatoms. The SMILES string of the molecule is CS(=O)(=O)c1ccc(F)c(CN=C(N)NCC2CCC2)c1. The number of rotatable bonds is 5. The van der Waals surface area contributed by atoms with E-state index in [9.17, 15) is 12.8 Å². The normalized spacial score (nSPS) is 16.6. The molecule has 0 heterocycles. The van der Waals surface area contributed by atoms with Gasteiger partial charge in [-0.3, -0.25) is 0 Å². The smallest absolute Gasteiger partial charge is 0.188 e. The Morgan fingerprint density at radius 3 is 2.76 bits per heavy atom. The maximum atomic E-state index is 13.7. The number of sulfone groups is 1. The van der Waals surface area contributed by atoms with Gasteiger partial charge in [-0.15, -0.1) is 0 Å². The minimum Gasteiger partial charge on any atom is -0.370 e. The molecule has 0 unspecified atom stereocenters. The van der Waals surface area contributed by atoms with Gasteiger partial charge in [0, 0.05) is 18.4 Å². The van der Waals surface area contributed by atoms with Gasteiger partial charge >= 0.3 is 0 Å². The molecule has 0 aliphatic heterocycles. The maximum absolute atomic E-state index is 13.7. The molecule has 0 bridgehead atoms. The lowest BCUT2D eigenvalue weighted by atomic mass is 9.85. The summed E-state index contributed by atoms with van der Waals surface area (Å²) in [5, 5.41) is 3.01. The zero-order chi connectivity index (χ0) is 15.5. The highest BCUT2D eigenvalue weighted by Crippen LogP contribution is 2.25. The van der Waals surface area contributed by atoms with Gasteiger partial charge in [0.25, 0.3) is 0 Å². The van der Waals surface area contributed by atoms with Crippen LogP contribution in [0.15, 0.2) is 28.1 Å². The van der Waals surface area contributed by atoms with E-state index in [-0.39, 0.29) is 23.0 Å². The molecule has 0 amide bonds. The Labute approximate surface area is 124 Å². The monoisotopic (exact) mass is 313 g/mol. The Morgan fingerprint density at radius 2 is 2.19 bits per heavy atom. The Morgan fingerprint density at radius 1 is 1.48 bits per heavy atom. The van der Waals surface area contributed by atoms with Gasteiger partial charge in [-0.1, -0.05) is 6.42 Å². The van der Waals surface area contributed by atoms with E-state index in [1.54, 1.807) is 0 Å². The van der Waals surface area contributed by atoms with E-state index in [0.29, 0.717) is 5.92 Å². The molecule has 0 aromatic heterocycles. The number of nitrogens with two attached hydrogens (primary N) is 1. The first-order chi connectivity index (χ1) is 9.86. The van der Waals surface area contributed by atoms with Crippen molar-refractivity contribution in [2.45, 2.75) is 30.7 Å². The number of hydrogen-bond acceptors (Lipinski definition) is 3. The summed E-state index contributed by atoms with van der Waals surface area (Å²) in [6.07, 6.45) is 4.74. The topological polar surface area (TPSA) is 84.5 Å². The second-order valence-corrected chi connectivity index (χ2v) is 7.42. The third-order valence-electron chi connectivity index (χ3n) is 3.66. The minimum atomic E-state index is -3.36. The van der Waals surface area contributed by atoms with E-state index in [1.165, 1.54) is 31.4 Å². The first-order valence-electron chi connectivity index (χ1n) is 6.88. The fourth-order valence-electron chi connectivity index (χ4n) is 2.07. The molecule has 116 valence electrons. The summed E-state index contributed by atoms with van der Waals surface area (Å²) in [4.78, 5) is 4.14. The van der Waals surface area contributed by atoms with Crippen molar-refractivity contribution >= 4 is 15.8 Å². The lowest BCUT2D eigenvalue weighted by Crippen LogP contribution is -2.37. The van der Waals surface area contributed by atoms with Gasteiger partial charge in [0.05, 0.1) is 11.4 Å². The highest BCUT2D eigenvalue weighted by molar-refractivity contribution is 7.90. The maximum Gasteiger partial charge on any atom is 0.188 e. The number of hydrogen-bond donors (Lipinski definition) is 2. The van der Waals surface area contributed by atoms with Crippen molar-refractivity contribution in [2.24, 2.45) is 16.6 Å². The molecule has 0 spiro atoms. The summed E-state index contributed by atoms with van der Waals surface area (Å²) in [6, 6.07) is 3.68. The predicted octanol–water partition coefficient (Wildman–Crippen LogP) is 1.43. The van der Waals surface area contributed by atoms with Crippen LogP contribution in [0.25, 0.3) is 0 Å². The second kappa shape index (κ2) is 6.43. The van der Waals surface area contributed by atoms with E-state index in [4.69, 9.17) is 5.73 Å². The summed E-state index contributed by atoms with van der Waals surface area (Å²) in [6.45, 7) is 0.792. The molecule has 2 rings (SSSR count). The van der Waals surface area contributed by atoms with Crippen LogP contribution in [0.5, 0.6) is 0 Å². The lowest BCUT2D eigenvalue weighted by Gasteiger charge is -2.25. The highest BCUT2D eigenvalue weighted by Gasteiger charge is 2.17. The number of guanidine groups is 1.